The quantitative estimate of drug-likeness (QED) is 0.850. The van der Waals surface area contributed by atoms with E-state index in [1.807, 2.05) is 30.3 Å². The Morgan fingerprint density at radius 2 is 1.85 bits per heavy atom. The zero-order valence-electron chi connectivity index (χ0n) is 11.2. The van der Waals surface area contributed by atoms with Gasteiger partial charge < -0.3 is 14.6 Å². The Labute approximate surface area is 117 Å². The molecule has 2 aromatic carbocycles. The molecule has 0 aliphatic heterocycles. The molecule has 0 fully saturated rings. The first-order valence-corrected chi connectivity index (χ1v) is 6.23. The van der Waals surface area contributed by atoms with Crippen LogP contribution in [0.5, 0.6) is 5.75 Å². The smallest absolute Gasteiger partial charge is 0.341 e. The fourth-order valence-electron chi connectivity index (χ4n) is 1.80. The van der Waals surface area contributed by atoms with Crippen molar-refractivity contribution in [2.45, 2.75) is 13.2 Å². The van der Waals surface area contributed by atoms with Crippen molar-refractivity contribution < 1.29 is 19.4 Å². The molecule has 4 heteroatoms. The molecule has 0 amide bonds. The summed E-state index contributed by atoms with van der Waals surface area (Å²) in [6.45, 7) is 0.239. The number of carbonyl (C=O) groups is 1. The lowest BCUT2D eigenvalue weighted by atomic mass is 10.1. The fraction of sp³-hybridized carbons (Fsp3) is 0.188. The van der Waals surface area contributed by atoms with E-state index >= 15 is 0 Å². The van der Waals surface area contributed by atoms with Gasteiger partial charge in [0.2, 0.25) is 0 Å². The van der Waals surface area contributed by atoms with E-state index in [1.54, 1.807) is 18.2 Å². The molecule has 20 heavy (non-hydrogen) atoms. The van der Waals surface area contributed by atoms with Crippen molar-refractivity contribution in [1.82, 2.24) is 0 Å². The van der Waals surface area contributed by atoms with Gasteiger partial charge in [0.1, 0.15) is 17.9 Å². The minimum absolute atomic E-state index is 0.108. The van der Waals surface area contributed by atoms with Crippen molar-refractivity contribution in [2.24, 2.45) is 0 Å². The van der Waals surface area contributed by atoms with Gasteiger partial charge >= 0.3 is 5.97 Å². The molecule has 0 spiro atoms. The molecule has 0 unspecified atom stereocenters. The Hall–Kier alpha value is -2.33. The zero-order chi connectivity index (χ0) is 14.4. The molecule has 2 rings (SSSR count). The molecular weight excluding hydrogens is 256 g/mol. The van der Waals surface area contributed by atoms with Gasteiger partial charge in [0.25, 0.3) is 0 Å². The van der Waals surface area contributed by atoms with Crippen LogP contribution in [-0.4, -0.2) is 18.2 Å². The van der Waals surface area contributed by atoms with E-state index in [2.05, 4.69) is 0 Å². The van der Waals surface area contributed by atoms with Crippen LogP contribution in [0.1, 0.15) is 21.5 Å². The highest BCUT2D eigenvalue weighted by Gasteiger charge is 2.13. The number of rotatable bonds is 5. The average Bonchev–Trinajstić information content (AvgIpc) is 2.52. The van der Waals surface area contributed by atoms with Crippen LogP contribution in [0.25, 0.3) is 0 Å². The molecular formula is C16H16O4. The van der Waals surface area contributed by atoms with Crippen LogP contribution in [0.4, 0.5) is 0 Å². The van der Waals surface area contributed by atoms with Gasteiger partial charge in [-0.2, -0.15) is 0 Å². The number of aliphatic hydroxyl groups excluding tert-OH is 1. The van der Waals surface area contributed by atoms with E-state index in [-0.39, 0.29) is 6.61 Å². The largest absolute Gasteiger partial charge is 0.488 e. The van der Waals surface area contributed by atoms with Gasteiger partial charge in [0.15, 0.2) is 0 Å². The lowest BCUT2D eigenvalue weighted by Gasteiger charge is -2.11. The van der Waals surface area contributed by atoms with Gasteiger partial charge in [-0.15, -0.1) is 0 Å². The number of hydrogen-bond acceptors (Lipinski definition) is 4. The molecule has 0 saturated heterocycles. The van der Waals surface area contributed by atoms with Crippen molar-refractivity contribution >= 4 is 5.97 Å². The van der Waals surface area contributed by atoms with E-state index in [0.29, 0.717) is 23.5 Å². The maximum Gasteiger partial charge on any atom is 0.341 e. The first-order chi connectivity index (χ1) is 9.74. The lowest BCUT2D eigenvalue weighted by Crippen LogP contribution is -2.06. The van der Waals surface area contributed by atoms with Crippen molar-refractivity contribution in [3.8, 4) is 5.75 Å². The summed E-state index contributed by atoms with van der Waals surface area (Å²) in [4.78, 5) is 11.7. The van der Waals surface area contributed by atoms with Gasteiger partial charge in [0.05, 0.1) is 13.7 Å². The molecule has 0 aliphatic rings. The Bertz CT molecular complexity index is 578. The van der Waals surface area contributed by atoms with E-state index < -0.39 is 5.97 Å². The van der Waals surface area contributed by atoms with E-state index in [9.17, 15) is 4.79 Å². The van der Waals surface area contributed by atoms with Gasteiger partial charge in [-0.1, -0.05) is 36.4 Å². The predicted octanol–water partition coefficient (Wildman–Crippen LogP) is 2.54. The molecule has 0 heterocycles. The molecule has 0 aliphatic carbocycles. The topological polar surface area (TPSA) is 55.8 Å². The number of ether oxygens (including phenoxy) is 2. The molecule has 0 radical (unpaired) electrons. The molecule has 1 N–H and O–H groups in total. The summed E-state index contributed by atoms with van der Waals surface area (Å²) in [6.07, 6.45) is 0. The second-order valence-electron chi connectivity index (χ2n) is 4.25. The van der Waals surface area contributed by atoms with Crippen LogP contribution in [0, 0.1) is 0 Å². The van der Waals surface area contributed by atoms with E-state index in [0.717, 1.165) is 5.56 Å². The highest BCUT2D eigenvalue weighted by atomic mass is 16.5. The molecule has 2 aromatic rings. The third-order valence-electron chi connectivity index (χ3n) is 2.87. The zero-order valence-corrected chi connectivity index (χ0v) is 11.2. The SMILES string of the molecule is COC(=O)c1ccc(CO)cc1OCc1ccccc1. The average molecular weight is 272 g/mol. The number of aliphatic hydroxyl groups is 1. The molecule has 0 bridgehead atoms. The molecule has 4 nitrogen and oxygen atoms in total. The monoisotopic (exact) mass is 272 g/mol. The van der Waals surface area contributed by atoms with Crippen molar-refractivity contribution in [2.75, 3.05) is 7.11 Å². The first-order valence-electron chi connectivity index (χ1n) is 6.23. The number of carbonyl (C=O) groups excluding carboxylic acids is 1. The third kappa shape index (κ3) is 3.36. The summed E-state index contributed by atoms with van der Waals surface area (Å²) in [5.74, 6) is -0.0511. The minimum Gasteiger partial charge on any atom is -0.488 e. The van der Waals surface area contributed by atoms with Crippen molar-refractivity contribution in [1.29, 1.82) is 0 Å². The maximum absolute atomic E-state index is 11.7. The summed E-state index contributed by atoms with van der Waals surface area (Å²) in [5.41, 5.74) is 2.03. The van der Waals surface area contributed by atoms with E-state index in [1.165, 1.54) is 7.11 Å². The Balaban J connectivity index is 2.21. The summed E-state index contributed by atoms with van der Waals surface area (Å²) < 4.78 is 10.4. The summed E-state index contributed by atoms with van der Waals surface area (Å²) >= 11 is 0. The van der Waals surface area contributed by atoms with Crippen molar-refractivity contribution in [3.63, 3.8) is 0 Å². The molecule has 0 saturated carbocycles. The van der Waals surface area contributed by atoms with Crippen LogP contribution in [0.3, 0.4) is 0 Å². The Morgan fingerprint density at radius 3 is 2.50 bits per heavy atom. The van der Waals surface area contributed by atoms with E-state index in [4.69, 9.17) is 14.6 Å². The van der Waals surface area contributed by atoms with Crippen LogP contribution in [0.2, 0.25) is 0 Å². The third-order valence-corrected chi connectivity index (χ3v) is 2.87. The van der Waals surface area contributed by atoms with Crippen LogP contribution in [-0.2, 0) is 18.0 Å². The normalized spacial score (nSPS) is 10.1. The summed E-state index contributed by atoms with van der Waals surface area (Å²) in [5, 5.41) is 9.16. The van der Waals surface area contributed by atoms with Crippen LogP contribution in [0.15, 0.2) is 48.5 Å². The highest BCUT2D eigenvalue weighted by Crippen LogP contribution is 2.22. The predicted molar refractivity (Wildman–Crippen MR) is 74.5 cm³/mol. The first kappa shape index (κ1) is 14.1. The second-order valence-corrected chi connectivity index (χ2v) is 4.25. The van der Waals surface area contributed by atoms with Gasteiger partial charge in [0, 0.05) is 0 Å². The molecule has 0 aromatic heterocycles. The fourth-order valence-corrected chi connectivity index (χ4v) is 1.80. The number of benzene rings is 2. The number of esters is 1. The second kappa shape index (κ2) is 6.73. The Morgan fingerprint density at radius 1 is 1.10 bits per heavy atom. The van der Waals surface area contributed by atoms with Crippen LogP contribution >= 0.6 is 0 Å². The number of methoxy groups -OCH3 is 1. The molecule has 104 valence electrons. The lowest BCUT2D eigenvalue weighted by molar-refractivity contribution is 0.0595. The highest BCUT2D eigenvalue weighted by molar-refractivity contribution is 5.92. The minimum atomic E-state index is -0.461. The van der Waals surface area contributed by atoms with Gasteiger partial charge in [-0.25, -0.2) is 4.79 Å². The summed E-state index contributed by atoms with van der Waals surface area (Å²) in [6, 6.07) is 14.6. The Kier molecular flexibility index (Phi) is 4.74. The van der Waals surface area contributed by atoms with Gasteiger partial charge in [-0.05, 0) is 23.3 Å². The number of hydrogen-bond donors (Lipinski definition) is 1. The van der Waals surface area contributed by atoms with Crippen LogP contribution < -0.4 is 4.74 Å². The molecule has 0 atom stereocenters. The van der Waals surface area contributed by atoms with Crippen molar-refractivity contribution in [3.05, 3.63) is 65.2 Å². The maximum atomic E-state index is 11.7. The summed E-state index contributed by atoms with van der Waals surface area (Å²) in [7, 11) is 1.32. The van der Waals surface area contributed by atoms with Gasteiger partial charge in [-0.3, -0.25) is 0 Å². The standard InChI is InChI=1S/C16H16O4/c1-19-16(18)14-8-7-13(10-17)9-15(14)20-11-12-5-3-2-4-6-12/h2-9,17H,10-11H2,1H3.